The van der Waals surface area contributed by atoms with E-state index >= 15 is 0 Å². The fraction of sp³-hybridized carbons (Fsp3) is 1.00. The first-order valence-corrected chi connectivity index (χ1v) is 11.2. The highest BCUT2D eigenvalue weighted by Gasteiger charge is 2.73. The molecule has 0 aromatic rings. The van der Waals surface area contributed by atoms with Crippen molar-refractivity contribution in [3.05, 3.63) is 0 Å². The Morgan fingerprint density at radius 2 is 1.70 bits per heavy atom. The molecule has 9 unspecified atom stereocenters. The van der Waals surface area contributed by atoms with Gasteiger partial charge in [0, 0.05) is 10.3 Å². The molecule has 0 radical (unpaired) electrons. The molecule has 5 fully saturated rings. The molecule has 0 saturated heterocycles. The molecule has 0 amide bonds. The maximum atomic E-state index is 7.60. The smallest absolute Gasteiger partial charge is 0.0485 e. The topological polar surface area (TPSA) is 0 Å². The first-order chi connectivity index (χ1) is 11.1. The molecule has 5 saturated carbocycles. The molecule has 0 N–H and O–H groups in total. The highest BCUT2D eigenvalue weighted by molar-refractivity contribution is 6.24. The lowest BCUT2D eigenvalue weighted by Crippen LogP contribution is -2.66. The Hall–Kier alpha value is 0.580. The van der Waals surface area contributed by atoms with Crippen molar-refractivity contribution in [3.8, 4) is 0 Å². The van der Waals surface area contributed by atoms with Crippen LogP contribution in [0, 0.1) is 40.4 Å². The third-order valence-corrected chi connectivity index (χ3v) is 11.3. The summed E-state index contributed by atoms with van der Waals surface area (Å²) in [5.41, 5.74) is 0.970. The molecule has 9 atom stereocenters. The van der Waals surface area contributed by atoms with E-state index < -0.39 is 0 Å². The molecule has 0 aromatic heterocycles. The van der Waals surface area contributed by atoms with Crippen LogP contribution in [0.3, 0.4) is 0 Å². The van der Waals surface area contributed by atoms with Crippen molar-refractivity contribution in [1.82, 2.24) is 0 Å². The zero-order valence-corrected chi connectivity index (χ0v) is 15.7. The number of alkyl halides is 2. The van der Waals surface area contributed by atoms with Crippen LogP contribution in [0.2, 0.25) is 0 Å². The minimum atomic E-state index is 0.137. The van der Waals surface area contributed by atoms with Crippen molar-refractivity contribution < 1.29 is 0 Å². The standard InChI is InChI=1S/C21H30Cl2/c22-18-15-6-1-4-14-10-19-7-3-8-20(18,19)11-13-5-2-9-21(23,12-19)17(14)16(13)15/h13-18H,1-12H2. The minimum absolute atomic E-state index is 0.137. The second kappa shape index (κ2) is 4.46. The van der Waals surface area contributed by atoms with E-state index in [-0.39, 0.29) is 4.87 Å². The zero-order chi connectivity index (χ0) is 15.4. The van der Waals surface area contributed by atoms with Crippen molar-refractivity contribution in [2.75, 3.05) is 0 Å². The first kappa shape index (κ1) is 14.7. The zero-order valence-electron chi connectivity index (χ0n) is 14.2. The molecular weight excluding hydrogens is 323 g/mol. The van der Waals surface area contributed by atoms with Crippen molar-refractivity contribution >= 4 is 23.2 Å². The van der Waals surface area contributed by atoms with Gasteiger partial charge in [-0.1, -0.05) is 32.1 Å². The lowest BCUT2D eigenvalue weighted by atomic mass is 9.39. The Kier molecular flexibility index (Phi) is 2.85. The Labute approximate surface area is 151 Å². The van der Waals surface area contributed by atoms with E-state index in [0.717, 1.165) is 29.6 Å². The van der Waals surface area contributed by atoms with Crippen molar-refractivity contribution in [2.45, 2.75) is 87.3 Å². The SMILES string of the molecule is ClC1C2CCCC3CC45CCCC14CC1CCCC(Cl)(C5)C3C12. The van der Waals surface area contributed by atoms with Crippen LogP contribution in [0.4, 0.5) is 0 Å². The molecule has 5 aliphatic rings. The van der Waals surface area contributed by atoms with Crippen LogP contribution in [-0.4, -0.2) is 10.3 Å². The van der Waals surface area contributed by atoms with E-state index in [1.54, 1.807) is 0 Å². The molecule has 0 aliphatic heterocycles. The van der Waals surface area contributed by atoms with Gasteiger partial charge in [-0.2, -0.15) is 0 Å². The van der Waals surface area contributed by atoms with Crippen LogP contribution >= 0.6 is 23.2 Å². The van der Waals surface area contributed by atoms with E-state index in [0.29, 0.717) is 16.2 Å². The van der Waals surface area contributed by atoms with Gasteiger partial charge >= 0.3 is 0 Å². The van der Waals surface area contributed by atoms with Crippen LogP contribution in [0.1, 0.15) is 77.0 Å². The molecule has 128 valence electrons. The summed E-state index contributed by atoms with van der Waals surface area (Å²) in [6, 6.07) is 0. The van der Waals surface area contributed by atoms with E-state index in [1.165, 1.54) is 77.0 Å². The molecule has 2 spiro atoms. The third kappa shape index (κ3) is 1.55. The van der Waals surface area contributed by atoms with Gasteiger partial charge in [0.2, 0.25) is 0 Å². The van der Waals surface area contributed by atoms with Crippen molar-refractivity contribution in [1.29, 1.82) is 0 Å². The number of fused-ring (bicyclic) bond motifs is 1. The monoisotopic (exact) mass is 352 g/mol. The molecule has 0 heterocycles. The van der Waals surface area contributed by atoms with Crippen molar-refractivity contribution in [3.63, 3.8) is 0 Å². The summed E-state index contributed by atoms with van der Waals surface area (Å²) in [5.74, 6) is 4.35. The fourth-order valence-electron chi connectivity index (χ4n) is 9.71. The van der Waals surface area contributed by atoms with Crippen molar-refractivity contribution in [2.24, 2.45) is 40.4 Å². The average molecular weight is 353 g/mol. The second-order valence-corrected chi connectivity index (χ2v) is 11.6. The van der Waals surface area contributed by atoms with Crippen LogP contribution < -0.4 is 0 Å². The molecule has 0 bridgehead atoms. The van der Waals surface area contributed by atoms with Gasteiger partial charge in [-0.3, -0.25) is 0 Å². The van der Waals surface area contributed by atoms with Crippen LogP contribution in [0.15, 0.2) is 0 Å². The Bertz CT molecular complexity index is 546. The maximum Gasteiger partial charge on any atom is 0.0485 e. The highest BCUT2D eigenvalue weighted by Crippen LogP contribution is 2.79. The van der Waals surface area contributed by atoms with Gasteiger partial charge < -0.3 is 0 Å². The largest absolute Gasteiger partial charge is 0.122 e. The average Bonchev–Trinajstić information content (AvgIpc) is 2.67. The van der Waals surface area contributed by atoms with E-state index in [4.69, 9.17) is 23.2 Å². The number of rotatable bonds is 0. The van der Waals surface area contributed by atoms with Gasteiger partial charge in [0.25, 0.3) is 0 Å². The summed E-state index contributed by atoms with van der Waals surface area (Å²) in [4.78, 5) is 0.137. The number of halogens is 2. The Morgan fingerprint density at radius 1 is 0.826 bits per heavy atom. The molecule has 5 aliphatic carbocycles. The highest BCUT2D eigenvalue weighted by atomic mass is 35.5. The van der Waals surface area contributed by atoms with E-state index in [1.807, 2.05) is 0 Å². The van der Waals surface area contributed by atoms with Crippen LogP contribution in [0.25, 0.3) is 0 Å². The van der Waals surface area contributed by atoms with Gasteiger partial charge in [-0.05, 0) is 85.4 Å². The van der Waals surface area contributed by atoms with Crippen LogP contribution in [0.5, 0.6) is 0 Å². The molecular formula is C21H30Cl2. The molecule has 5 rings (SSSR count). The van der Waals surface area contributed by atoms with Gasteiger partial charge in [0.15, 0.2) is 0 Å². The summed E-state index contributed by atoms with van der Waals surface area (Å²) in [5, 5.41) is 0.465. The first-order valence-electron chi connectivity index (χ1n) is 10.4. The lowest BCUT2D eigenvalue weighted by molar-refractivity contribution is -0.152. The minimum Gasteiger partial charge on any atom is -0.122 e. The molecule has 0 aromatic carbocycles. The third-order valence-electron chi connectivity index (χ3n) is 9.99. The van der Waals surface area contributed by atoms with E-state index in [2.05, 4.69) is 0 Å². The Morgan fingerprint density at radius 3 is 2.61 bits per heavy atom. The van der Waals surface area contributed by atoms with Gasteiger partial charge in [0.1, 0.15) is 0 Å². The molecule has 23 heavy (non-hydrogen) atoms. The summed E-state index contributed by atoms with van der Waals surface area (Å²) in [7, 11) is 0. The summed E-state index contributed by atoms with van der Waals surface area (Å²) in [6.45, 7) is 0. The predicted molar refractivity (Wildman–Crippen MR) is 95.9 cm³/mol. The maximum absolute atomic E-state index is 7.60. The normalized spacial score (nSPS) is 66.0. The summed E-state index contributed by atoms with van der Waals surface area (Å²) in [6.07, 6.45) is 17.0. The number of hydrogen-bond donors (Lipinski definition) is 0. The van der Waals surface area contributed by atoms with Gasteiger partial charge in [-0.25, -0.2) is 0 Å². The molecule has 2 heteroatoms. The predicted octanol–water partition coefficient (Wildman–Crippen LogP) is 6.39. The number of hydrogen-bond acceptors (Lipinski definition) is 0. The Balaban J connectivity index is 1.66. The quantitative estimate of drug-likeness (QED) is 0.443. The molecule has 0 nitrogen and oxygen atoms in total. The fourth-order valence-corrected chi connectivity index (χ4v) is 11.1. The van der Waals surface area contributed by atoms with E-state index in [9.17, 15) is 0 Å². The lowest BCUT2D eigenvalue weighted by Gasteiger charge is -2.68. The van der Waals surface area contributed by atoms with Crippen LogP contribution in [-0.2, 0) is 0 Å². The summed E-state index contributed by atoms with van der Waals surface area (Å²) >= 11 is 15.0. The van der Waals surface area contributed by atoms with Gasteiger partial charge in [-0.15, -0.1) is 23.2 Å². The second-order valence-electron chi connectivity index (χ2n) is 10.4. The summed E-state index contributed by atoms with van der Waals surface area (Å²) < 4.78 is 0. The van der Waals surface area contributed by atoms with Gasteiger partial charge in [0.05, 0.1) is 0 Å².